The maximum absolute atomic E-state index is 0. The summed E-state index contributed by atoms with van der Waals surface area (Å²) in [5.41, 5.74) is 0. The predicted octanol–water partition coefficient (Wildman–Crippen LogP) is -9.11. The molecular formula is Cl3OTa. The first-order chi connectivity index (χ1) is 0. The molecule has 0 aromatic heterocycles. The van der Waals surface area contributed by atoms with Gasteiger partial charge in [-0.3, -0.25) is 0 Å². The smallest absolute Gasteiger partial charge is 2.00 e. The molecule has 0 unspecified atom stereocenters. The zero-order valence-electron chi connectivity index (χ0n) is 1.99. The maximum Gasteiger partial charge on any atom is 5.00 e. The van der Waals surface area contributed by atoms with Crippen LogP contribution in [0, 0.1) is 0 Å². The minimum Gasteiger partial charge on any atom is -2.00 e. The molecule has 1 nitrogen and oxygen atoms in total. The van der Waals surface area contributed by atoms with Gasteiger partial charge in [-0.25, -0.2) is 0 Å². The molecule has 0 heterocycles. The van der Waals surface area contributed by atoms with E-state index < -0.39 is 0 Å². The molecular weight excluding hydrogens is 303 g/mol. The van der Waals surface area contributed by atoms with Gasteiger partial charge in [0.2, 0.25) is 0 Å². The van der Waals surface area contributed by atoms with Crippen molar-refractivity contribution in [2.24, 2.45) is 0 Å². The first kappa shape index (κ1) is 82.7. The Morgan fingerprint density at radius 3 is 0.600 bits per heavy atom. The summed E-state index contributed by atoms with van der Waals surface area (Å²) >= 11 is 0. The second-order valence-electron chi connectivity index (χ2n) is 0. The van der Waals surface area contributed by atoms with Gasteiger partial charge in [-0.1, -0.05) is 0 Å². The molecule has 0 amide bonds. The van der Waals surface area contributed by atoms with Crippen LogP contribution in [0.3, 0.4) is 0 Å². The largest absolute Gasteiger partial charge is 5.00 e. The Morgan fingerprint density at radius 2 is 0.600 bits per heavy atom. The Kier molecular flexibility index (Phi) is 780. The fraction of sp³-hybridized carbons (Fsp3) is 0. The molecule has 0 saturated heterocycles. The molecule has 0 bridgehead atoms. The van der Waals surface area contributed by atoms with Crippen molar-refractivity contribution < 1.29 is 65.1 Å². The Morgan fingerprint density at radius 1 is 0.600 bits per heavy atom. The Balaban J connectivity index is 0. The van der Waals surface area contributed by atoms with Crippen LogP contribution < -0.4 is 37.2 Å². The van der Waals surface area contributed by atoms with Crippen molar-refractivity contribution in [2.75, 3.05) is 0 Å². The van der Waals surface area contributed by atoms with E-state index in [0.717, 1.165) is 0 Å². The van der Waals surface area contributed by atoms with Crippen molar-refractivity contribution in [2.45, 2.75) is 0 Å². The van der Waals surface area contributed by atoms with Gasteiger partial charge in [-0.2, -0.15) is 0 Å². The summed E-state index contributed by atoms with van der Waals surface area (Å²) in [6, 6.07) is 0. The standard InChI is InChI=1S/3ClH.O.Ta/h3*1H;;/q;;;-2;+5/p-3. The minimum absolute atomic E-state index is 0. The molecule has 0 aromatic carbocycles. The van der Waals surface area contributed by atoms with Gasteiger partial charge in [-0.15, -0.1) is 0 Å². The topological polar surface area (TPSA) is 28.5 Å². The van der Waals surface area contributed by atoms with E-state index in [1.165, 1.54) is 0 Å². The second kappa shape index (κ2) is 47.2. The number of hydrogen-bond acceptors (Lipinski definition) is 0. The van der Waals surface area contributed by atoms with Crippen molar-refractivity contribution in [1.82, 2.24) is 0 Å². The summed E-state index contributed by atoms with van der Waals surface area (Å²) in [6.07, 6.45) is 0. The second-order valence-corrected chi connectivity index (χ2v) is 0. The van der Waals surface area contributed by atoms with Crippen LogP contribution in [0.1, 0.15) is 0 Å². The van der Waals surface area contributed by atoms with E-state index >= 15 is 0 Å². The first-order valence-electron chi connectivity index (χ1n) is 0. The van der Waals surface area contributed by atoms with Crippen LogP contribution in [0.4, 0.5) is 0 Å². The zero-order valence-corrected chi connectivity index (χ0v) is 7.47. The van der Waals surface area contributed by atoms with E-state index in [9.17, 15) is 0 Å². The summed E-state index contributed by atoms with van der Waals surface area (Å²) in [6.45, 7) is 0. The number of hydrogen-bond donors (Lipinski definition) is 0. The van der Waals surface area contributed by atoms with Crippen molar-refractivity contribution in [3.63, 3.8) is 0 Å². The zero-order chi connectivity index (χ0) is 0. The predicted molar refractivity (Wildman–Crippen MR) is 0.686 cm³/mol. The van der Waals surface area contributed by atoms with E-state index in [-0.39, 0.29) is 65.1 Å². The SMILES string of the molecule is [Cl-].[Cl-].[Cl-].[O-2].[Ta+5]. The van der Waals surface area contributed by atoms with Crippen molar-refractivity contribution in [3.05, 3.63) is 0 Å². The monoisotopic (exact) mass is 302 g/mol. The third kappa shape index (κ3) is 28.8. The summed E-state index contributed by atoms with van der Waals surface area (Å²) in [5.74, 6) is 0. The van der Waals surface area contributed by atoms with Crippen molar-refractivity contribution in [3.8, 4) is 0 Å². The van der Waals surface area contributed by atoms with Crippen LogP contribution in [-0.4, -0.2) is 0 Å². The molecule has 0 spiro atoms. The maximum atomic E-state index is 0. The van der Waals surface area contributed by atoms with Gasteiger partial charge in [0.15, 0.2) is 0 Å². The van der Waals surface area contributed by atoms with Gasteiger partial charge in [0, 0.05) is 0 Å². The summed E-state index contributed by atoms with van der Waals surface area (Å²) in [7, 11) is 0. The molecule has 0 saturated carbocycles. The quantitative estimate of drug-likeness (QED) is 0.425. The molecule has 0 rings (SSSR count). The average molecular weight is 303 g/mol. The van der Waals surface area contributed by atoms with Gasteiger partial charge >= 0.3 is 22.4 Å². The van der Waals surface area contributed by atoms with Gasteiger partial charge in [0.1, 0.15) is 0 Å². The van der Waals surface area contributed by atoms with Gasteiger partial charge < -0.3 is 42.7 Å². The third-order valence-corrected chi connectivity index (χ3v) is 0. The molecule has 5 heteroatoms. The summed E-state index contributed by atoms with van der Waals surface area (Å²) in [5, 5.41) is 0. The van der Waals surface area contributed by atoms with E-state index in [1.54, 1.807) is 0 Å². The summed E-state index contributed by atoms with van der Waals surface area (Å²) in [4.78, 5) is 0. The first-order valence-corrected chi connectivity index (χ1v) is 0. The van der Waals surface area contributed by atoms with Gasteiger partial charge in [0.25, 0.3) is 0 Å². The van der Waals surface area contributed by atoms with Crippen LogP contribution in [0.5, 0.6) is 0 Å². The minimum atomic E-state index is 0. The summed E-state index contributed by atoms with van der Waals surface area (Å²) < 4.78 is 0. The molecule has 0 aliphatic rings. The number of halogens is 3. The molecule has 0 fully saturated rings. The van der Waals surface area contributed by atoms with Crippen molar-refractivity contribution in [1.29, 1.82) is 0 Å². The van der Waals surface area contributed by atoms with E-state index in [0.29, 0.717) is 0 Å². The van der Waals surface area contributed by atoms with Gasteiger partial charge in [-0.05, 0) is 0 Å². The average Bonchev–Trinajstić information content (AvgIpc) is 0. The Labute approximate surface area is 64.9 Å². The van der Waals surface area contributed by atoms with Gasteiger partial charge in [0.05, 0.1) is 0 Å². The van der Waals surface area contributed by atoms with Crippen LogP contribution in [0.2, 0.25) is 0 Å². The Bertz CT molecular complexity index is 6.85. The van der Waals surface area contributed by atoms with Crippen LogP contribution in [0.15, 0.2) is 0 Å². The van der Waals surface area contributed by atoms with E-state index in [2.05, 4.69) is 0 Å². The third-order valence-electron chi connectivity index (χ3n) is 0. The van der Waals surface area contributed by atoms with Crippen LogP contribution >= 0.6 is 0 Å². The molecule has 5 heavy (non-hydrogen) atoms. The molecule has 32 valence electrons. The van der Waals surface area contributed by atoms with Crippen LogP contribution in [0.25, 0.3) is 0 Å². The van der Waals surface area contributed by atoms with E-state index in [4.69, 9.17) is 0 Å². The normalized spacial score (nSPS) is 0. The van der Waals surface area contributed by atoms with Crippen LogP contribution in [-0.2, 0) is 27.9 Å². The van der Waals surface area contributed by atoms with E-state index in [1.807, 2.05) is 0 Å². The molecule has 0 radical (unpaired) electrons. The molecule has 0 aromatic rings. The molecule has 0 N–H and O–H groups in total. The molecule has 0 atom stereocenters. The van der Waals surface area contributed by atoms with Crippen molar-refractivity contribution >= 4 is 0 Å². The fourth-order valence-corrected chi connectivity index (χ4v) is 0. The molecule has 0 aliphatic carbocycles. The Hall–Kier alpha value is 1.57. The number of rotatable bonds is 0. The fourth-order valence-electron chi connectivity index (χ4n) is 0. The molecule has 0 aliphatic heterocycles.